The van der Waals surface area contributed by atoms with Crippen LogP contribution in [0.15, 0.2) is 36.7 Å². The fourth-order valence-corrected chi connectivity index (χ4v) is 2.08. The number of halogens is 1. The lowest BCUT2D eigenvalue weighted by Crippen LogP contribution is -2.20. The van der Waals surface area contributed by atoms with Gasteiger partial charge in [0, 0.05) is 31.0 Å². The molecule has 5 heteroatoms. The van der Waals surface area contributed by atoms with E-state index in [-0.39, 0.29) is 5.82 Å². The summed E-state index contributed by atoms with van der Waals surface area (Å²) in [5.41, 5.74) is 1.52. The van der Waals surface area contributed by atoms with Crippen LogP contribution in [-0.4, -0.2) is 23.1 Å². The average Bonchev–Trinajstić information content (AvgIpc) is 2.51. The van der Waals surface area contributed by atoms with Crippen molar-refractivity contribution in [2.24, 2.45) is 0 Å². The largest absolute Gasteiger partial charge is 0.313 e. The van der Waals surface area contributed by atoms with E-state index in [4.69, 9.17) is 0 Å². The molecule has 112 valence electrons. The van der Waals surface area contributed by atoms with E-state index in [1.807, 2.05) is 13.0 Å². The molecule has 0 unspecified atom stereocenters. The van der Waals surface area contributed by atoms with Gasteiger partial charge in [0.25, 0.3) is 0 Å². The smallest absolute Gasteiger partial charge is 0.229 e. The Bertz CT molecular complexity index is 556. The van der Waals surface area contributed by atoms with E-state index in [0.717, 1.165) is 25.1 Å². The van der Waals surface area contributed by atoms with Gasteiger partial charge in [-0.3, -0.25) is 0 Å². The Morgan fingerprint density at radius 1 is 1.14 bits per heavy atom. The molecule has 1 aromatic heterocycles. The Hall–Kier alpha value is -2.01. The third-order valence-electron chi connectivity index (χ3n) is 3.15. The van der Waals surface area contributed by atoms with Crippen LogP contribution in [0.4, 0.5) is 16.0 Å². The molecule has 4 nitrogen and oxygen atoms in total. The quantitative estimate of drug-likeness (QED) is 0.794. The lowest BCUT2D eigenvalue weighted by molar-refractivity contribution is 0.624. The Kier molecular flexibility index (Phi) is 5.63. The van der Waals surface area contributed by atoms with Gasteiger partial charge in [0.2, 0.25) is 5.95 Å². The number of rotatable bonds is 7. The summed E-state index contributed by atoms with van der Waals surface area (Å²) in [4.78, 5) is 10.5. The summed E-state index contributed by atoms with van der Waals surface area (Å²) < 4.78 is 13.9. The van der Waals surface area contributed by atoms with Crippen LogP contribution in [-0.2, 0) is 6.54 Å². The number of hydrogen-bond acceptors (Lipinski definition) is 4. The van der Waals surface area contributed by atoms with Crippen molar-refractivity contribution in [1.29, 1.82) is 0 Å². The van der Waals surface area contributed by atoms with Crippen molar-refractivity contribution >= 4 is 11.6 Å². The SMILES string of the molecule is CCCNCc1cnc(N(CC)c2ccccc2F)nc1. The predicted molar refractivity (Wildman–Crippen MR) is 83.1 cm³/mol. The monoisotopic (exact) mass is 288 g/mol. The first kappa shape index (κ1) is 15.4. The highest BCUT2D eigenvalue weighted by atomic mass is 19.1. The molecule has 0 saturated heterocycles. The van der Waals surface area contributed by atoms with E-state index < -0.39 is 0 Å². The van der Waals surface area contributed by atoms with Gasteiger partial charge >= 0.3 is 0 Å². The first-order valence-electron chi connectivity index (χ1n) is 7.30. The molecule has 0 bridgehead atoms. The van der Waals surface area contributed by atoms with Crippen molar-refractivity contribution in [2.45, 2.75) is 26.8 Å². The van der Waals surface area contributed by atoms with E-state index in [9.17, 15) is 4.39 Å². The molecule has 2 rings (SSSR count). The molecular weight excluding hydrogens is 267 g/mol. The first-order valence-corrected chi connectivity index (χ1v) is 7.30. The summed E-state index contributed by atoms with van der Waals surface area (Å²) in [7, 11) is 0. The van der Waals surface area contributed by atoms with Gasteiger partial charge in [-0.25, -0.2) is 14.4 Å². The molecule has 0 amide bonds. The maximum Gasteiger partial charge on any atom is 0.229 e. The second-order valence-corrected chi connectivity index (χ2v) is 4.76. The van der Waals surface area contributed by atoms with Gasteiger partial charge < -0.3 is 10.2 Å². The van der Waals surface area contributed by atoms with E-state index >= 15 is 0 Å². The minimum Gasteiger partial charge on any atom is -0.313 e. The second kappa shape index (κ2) is 7.69. The third-order valence-corrected chi connectivity index (χ3v) is 3.15. The van der Waals surface area contributed by atoms with Gasteiger partial charge in [-0.1, -0.05) is 19.1 Å². The minimum atomic E-state index is -0.267. The number of para-hydroxylation sites is 1. The third kappa shape index (κ3) is 3.98. The molecule has 0 saturated carbocycles. The summed E-state index contributed by atoms with van der Waals surface area (Å²) in [6.07, 6.45) is 4.67. The topological polar surface area (TPSA) is 41.1 Å². The zero-order valence-corrected chi connectivity index (χ0v) is 12.5. The molecule has 1 N–H and O–H groups in total. The van der Waals surface area contributed by atoms with Crippen LogP contribution in [0.3, 0.4) is 0 Å². The molecule has 0 aliphatic rings. The van der Waals surface area contributed by atoms with Crippen molar-refractivity contribution in [3.63, 3.8) is 0 Å². The Balaban J connectivity index is 2.14. The van der Waals surface area contributed by atoms with Gasteiger partial charge in [0.15, 0.2) is 0 Å². The highest BCUT2D eigenvalue weighted by Crippen LogP contribution is 2.24. The van der Waals surface area contributed by atoms with Crippen LogP contribution in [0, 0.1) is 5.82 Å². The van der Waals surface area contributed by atoms with Crippen LogP contribution in [0.1, 0.15) is 25.8 Å². The summed E-state index contributed by atoms with van der Waals surface area (Å²) in [5, 5.41) is 3.30. The van der Waals surface area contributed by atoms with E-state index in [1.165, 1.54) is 6.07 Å². The number of aromatic nitrogens is 2. The van der Waals surface area contributed by atoms with E-state index in [1.54, 1.807) is 29.4 Å². The molecule has 0 fully saturated rings. The number of nitrogens with zero attached hydrogens (tertiary/aromatic N) is 3. The Morgan fingerprint density at radius 2 is 1.86 bits per heavy atom. The van der Waals surface area contributed by atoms with E-state index in [2.05, 4.69) is 22.2 Å². The molecule has 2 aromatic rings. The molecule has 1 aromatic carbocycles. The Labute approximate surface area is 125 Å². The summed E-state index contributed by atoms with van der Waals surface area (Å²) in [6.45, 7) is 6.40. The lowest BCUT2D eigenvalue weighted by atomic mass is 10.3. The number of anilines is 2. The molecule has 0 aliphatic carbocycles. The zero-order chi connectivity index (χ0) is 15.1. The van der Waals surface area contributed by atoms with Crippen LogP contribution in [0.2, 0.25) is 0 Å². The highest BCUT2D eigenvalue weighted by molar-refractivity contribution is 5.57. The maximum atomic E-state index is 13.9. The van der Waals surface area contributed by atoms with Crippen LogP contribution in [0.5, 0.6) is 0 Å². The van der Waals surface area contributed by atoms with Crippen molar-refractivity contribution in [2.75, 3.05) is 18.0 Å². The predicted octanol–water partition coefficient (Wildman–Crippen LogP) is 3.27. The number of hydrogen-bond donors (Lipinski definition) is 1. The van der Waals surface area contributed by atoms with Gasteiger partial charge in [0.05, 0.1) is 5.69 Å². The molecule has 0 radical (unpaired) electrons. The molecule has 21 heavy (non-hydrogen) atoms. The number of nitrogens with one attached hydrogen (secondary N) is 1. The summed E-state index contributed by atoms with van der Waals surface area (Å²) in [5.74, 6) is 0.249. The highest BCUT2D eigenvalue weighted by Gasteiger charge is 2.13. The maximum absolute atomic E-state index is 13.9. The van der Waals surface area contributed by atoms with Crippen molar-refractivity contribution in [3.05, 3.63) is 48.0 Å². The van der Waals surface area contributed by atoms with Gasteiger partial charge in [-0.2, -0.15) is 0 Å². The normalized spacial score (nSPS) is 10.6. The van der Waals surface area contributed by atoms with Crippen LogP contribution < -0.4 is 10.2 Å². The van der Waals surface area contributed by atoms with Crippen LogP contribution in [0.25, 0.3) is 0 Å². The fourth-order valence-electron chi connectivity index (χ4n) is 2.08. The van der Waals surface area contributed by atoms with Crippen molar-refractivity contribution in [1.82, 2.24) is 15.3 Å². The minimum absolute atomic E-state index is 0.267. The fraction of sp³-hybridized carbons (Fsp3) is 0.375. The lowest BCUT2D eigenvalue weighted by Gasteiger charge is -2.21. The van der Waals surface area contributed by atoms with Gasteiger partial charge in [0.1, 0.15) is 5.82 Å². The second-order valence-electron chi connectivity index (χ2n) is 4.76. The molecule has 1 heterocycles. The molecule has 0 atom stereocenters. The molecule has 0 aliphatic heterocycles. The van der Waals surface area contributed by atoms with Crippen molar-refractivity contribution < 1.29 is 4.39 Å². The van der Waals surface area contributed by atoms with Crippen molar-refractivity contribution in [3.8, 4) is 0 Å². The first-order chi connectivity index (χ1) is 10.3. The standard InChI is InChI=1S/C16H21FN4/c1-3-9-18-10-13-11-19-16(20-12-13)21(4-2)15-8-6-5-7-14(15)17/h5-8,11-12,18H,3-4,9-10H2,1-2H3. The number of benzene rings is 1. The van der Waals surface area contributed by atoms with Gasteiger partial charge in [-0.05, 0) is 32.0 Å². The van der Waals surface area contributed by atoms with Crippen LogP contribution >= 0.6 is 0 Å². The summed E-state index contributed by atoms with van der Waals surface area (Å²) in [6, 6.07) is 6.67. The Morgan fingerprint density at radius 3 is 2.48 bits per heavy atom. The summed E-state index contributed by atoms with van der Waals surface area (Å²) >= 11 is 0. The molecular formula is C16H21FN4. The zero-order valence-electron chi connectivity index (χ0n) is 12.5. The van der Waals surface area contributed by atoms with Gasteiger partial charge in [-0.15, -0.1) is 0 Å². The average molecular weight is 288 g/mol. The molecule has 0 spiro atoms. The van der Waals surface area contributed by atoms with E-state index in [0.29, 0.717) is 18.2 Å².